The molecule has 6 heteroatoms. The molecule has 0 amide bonds. The number of carbonyl (C=O) groups is 1. The highest BCUT2D eigenvalue weighted by atomic mass is 16.1. The molecule has 1 aromatic heterocycles. The lowest BCUT2D eigenvalue weighted by Gasteiger charge is -2.12. The van der Waals surface area contributed by atoms with Crippen molar-refractivity contribution in [3.05, 3.63) is 54.1 Å². The highest BCUT2D eigenvalue weighted by Crippen LogP contribution is 2.29. The predicted molar refractivity (Wildman–Crippen MR) is 102 cm³/mol. The van der Waals surface area contributed by atoms with Crippen molar-refractivity contribution in [1.82, 2.24) is 20.6 Å². The zero-order chi connectivity index (χ0) is 18.5. The monoisotopic (exact) mass is 347 g/mol. The van der Waals surface area contributed by atoms with E-state index >= 15 is 0 Å². The first-order valence-electron chi connectivity index (χ1n) is 8.53. The standard InChI is InChI=1S/C20H21N5O/c1-13(2)19(14(3)26)21-12-15-8-10-16(11-9-15)17-6-4-5-7-18(17)20-22-24-25-23-20/h4-13,19H,1-3H3,(H,22,23,24,25)/t19-/m0/s1. The van der Waals surface area contributed by atoms with Crippen molar-refractivity contribution in [3.8, 4) is 22.5 Å². The number of hydrogen-bond acceptors (Lipinski definition) is 5. The van der Waals surface area contributed by atoms with Crippen LogP contribution in [0.25, 0.3) is 22.5 Å². The van der Waals surface area contributed by atoms with E-state index in [0.29, 0.717) is 5.82 Å². The summed E-state index contributed by atoms with van der Waals surface area (Å²) in [6.45, 7) is 5.59. The Balaban J connectivity index is 1.86. The van der Waals surface area contributed by atoms with Crippen molar-refractivity contribution in [2.75, 3.05) is 0 Å². The van der Waals surface area contributed by atoms with Gasteiger partial charge in [0.05, 0.1) is 0 Å². The van der Waals surface area contributed by atoms with E-state index in [1.165, 1.54) is 0 Å². The zero-order valence-electron chi connectivity index (χ0n) is 15.0. The number of tetrazole rings is 1. The lowest BCUT2D eigenvalue weighted by atomic mass is 9.98. The third-order valence-corrected chi connectivity index (χ3v) is 4.17. The summed E-state index contributed by atoms with van der Waals surface area (Å²) < 4.78 is 0. The van der Waals surface area contributed by atoms with E-state index in [0.717, 1.165) is 22.3 Å². The minimum atomic E-state index is -0.298. The van der Waals surface area contributed by atoms with Crippen molar-refractivity contribution in [3.63, 3.8) is 0 Å². The molecule has 0 saturated carbocycles. The summed E-state index contributed by atoms with van der Waals surface area (Å²) in [5.74, 6) is 0.833. The van der Waals surface area contributed by atoms with Crippen LogP contribution in [0.5, 0.6) is 0 Å². The summed E-state index contributed by atoms with van der Waals surface area (Å²) in [5, 5.41) is 14.3. The second-order valence-electron chi connectivity index (χ2n) is 6.48. The van der Waals surface area contributed by atoms with Gasteiger partial charge in [0.15, 0.2) is 5.78 Å². The van der Waals surface area contributed by atoms with Crippen LogP contribution >= 0.6 is 0 Å². The summed E-state index contributed by atoms with van der Waals surface area (Å²) in [4.78, 5) is 16.1. The number of aliphatic imine (C=N–C) groups is 1. The highest BCUT2D eigenvalue weighted by molar-refractivity contribution is 5.88. The fourth-order valence-corrected chi connectivity index (χ4v) is 2.87. The number of hydrogen-bond donors (Lipinski definition) is 1. The van der Waals surface area contributed by atoms with Gasteiger partial charge < -0.3 is 0 Å². The Bertz CT molecular complexity index is 898. The van der Waals surface area contributed by atoms with Crippen molar-refractivity contribution in [2.24, 2.45) is 10.9 Å². The van der Waals surface area contributed by atoms with Crippen LogP contribution < -0.4 is 0 Å². The molecule has 6 nitrogen and oxygen atoms in total. The lowest BCUT2D eigenvalue weighted by molar-refractivity contribution is -0.118. The summed E-state index contributed by atoms with van der Waals surface area (Å²) in [5.41, 5.74) is 3.95. The van der Waals surface area contributed by atoms with Crippen LogP contribution in [0.15, 0.2) is 53.5 Å². The molecule has 1 heterocycles. The molecule has 0 aliphatic heterocycles. The maximum absolute atomic E-state index is 11.7. The van der Waals surface area contributed by atoms with Crippen molar-refractivity contribution in [2.45, 2.75) is 26.8 Å². The average Bonchev–Trinajstić information content (AvgIpc) is 3.16. The van der Waals surface area contributed by atoms with Crippen LogP contribution in [0.1, 0.15) is 26.3 Å². The summed E-state index contributed by atoms with van der Waals surface area (Å²) in [6, 6.07) is 15.7. The molecule has 0 bridgehead atoms. The van der Waals surface area contributed by atoms with Crippen molar-refractivity contribution in [1.29, 1.82) is 0 Å². The first kappa shape index (κ1) is 17.7. The third kappa shape index (κ3) is 3.91. The van der Waals surface area contributed by atoms with E-state index < -0.39 is 0 Å². The SMILES string of the molecule is CC(=O)[C@@H](N=Cc1ccc(-c2ccccc2-c2nn[nH]n2)cc1)C(C)C. The van der Waals surface area contributed by atoms with Gasteiger partial charge in [0.25, 0.3) is 0 Å². The summed E-state index contributed by atoms with van der Waals surface area (Å²) in [7, 11) is 0. The molecule has 0 spiro atoms. The number of nitrogens with zero attached hydrogens (tertiary/aromatic N) is 4. The van der Waals surface area contributed by atoms with Crippen molar-refractivity contribution < 1.29 is 4.79 Å². The smallest absolute Gasteiger partial charge is 0.205 e. The van der Waals surface area contributed by atoms with Gasteiger partial charge in [-0.05, 0) is 34.7 Å². The van der Waals surface area contributed by atoms with Gasteiger partial charge >= 0.3 is 0 Å². The predicted octanol–water partition coefficient (Wildman–Crippen LogP) is 3.57. The van der Waals surface area contributed by atoms with Gasteiger partial charge in [0.2, 0.25) is 5.82 Å². The van der Waals surface area contributed by atoms with Crippen LogP contribution in [0.2, 0.25) is 0 Å². The van der Waals surface area contributed by atoms with Crippen LogP contribution in [-0.2, 0) is 4.79 Å². The van der Waals surface area contributed by atoms with Gasteiger partial charge in [-0.2, -0.15) is 5.21 Å². The number of aromatic nitrogens is 4. The molecule has 0 radical (unpaired) electrons. The summed E-state index contributed by atoms with van der Waals surface area (Å²) >= 11 is 0. The fourth-order valence-electron chi connectivity index (χ4n) is 2.87. The molecule has 0 aliphatic carbocycles. The maximum Gasteiger partial charge on any atom is 0.205 e. The minimum Gasteiger partial charge on any atom is -0.298 e. The summed E-state index contributed by atoms with van der Waals surface area (Å²) in [6.07, 6.45) is 1.76. The Morgan fingerprint density at radius 1 is 1.08 bits per heavy atom. The normalized spacial score (nSPS) is 12.6. The third-order valence-electron chi connectivity index (χ3n) is 4.17. The lowest BCUT2D eigenvalue weighted by Crippen LogP contribution is -2.21. The molecule has 3 rings (SSSR count). The Morgan fingerprint density at radius 2 is 1.77 bits per heavy atom. The first-order valence-corrected chi connectivity index (χ1v) is 8.53. The number of Topliss-reactive ketones (excluding diaryl/α,β-unsaturated/α-hetero) is 1. The number of rotatable bonds is 6. The second kappa shape index (κ2) is 7.82. The molecule has 1 N–H and O–H groups in total. The number of H-pyrrole nitrogens is 1. The minimum absolute atomic E-state index is 0.0851. The van der Waals surface area contributed by atoms with E-state index in [4.69, 9.17) is 0 Å². The zero-order valence-corrected chi connectivity index (χ0v) is 15.0. The highest BCUT2D eigenvalue weighted by Gasteiger charge is 2.16. The first-order chi connectivity index (χ1) is 12.6. The molecule has 2 aromatic carbocycles. The molecule has 0 aliphatic rings. The molecule has 3 aromatic rings. The number of carbonyl (C=O) groups excluding carboxylic acids is 1. The molecular formula is C20H21N5O. The Hall–Kier alpha value is -3.15. The molecule has 0 unspecified atom stereocenters. The van der Waals surface area contributed by atoms with E-state index in [9.17, 15) is 4.79 Å². The van der Waals surface area contributed by atoms with Crippen molar-refractivity contribution >= 4 is 12.0 Å². The van der Waals surface area contributed by atoms with Gasteiger partial charge in [-0.25, -0.2) is 0 Å². The Kier molecular flexibility index (Phi) is 5.31. The fraction of sp³-hybridized carbons (Fsp3) is 0.250. The van der Waals surface area contributed by atoms with Crippen LogP contribution in [0.3, 0.4) is 0 Å². The number of benzene rings is 2. The molecular weight excluding hydrogens is 326 g/mol. The van der Waals surface area contributed by atoms with E-state index in [2.05, 4.69) is 25.6 Å². The molecule has 1 atom stereocenters. The quantitative estimate of drug-likeness (QED) is 0.691. The van der Waals surface area contributed by atoms with Gasteiger partial charge in [-0.1, -0.05) is 62.4 Å². The van der Waals surface area contributed by atoms with E-state index in [1.807, 2.05) is 62.4 Å². The van der Waals surface area contributed by atoms with Gasteiger partial charge in [0.1, 0.15) is 6.04 Å². The van der Waals surface area contributed by atoms with Gasteiger partial charge in [-0.15, -0.1) is 10.2 Å². The van der Waals surface area contributed by atoms with Crippen LogP contribution in [-0.4, -0.2) is 38.7 Å². The molecule has 0 fully saturated rings. The van der Waals surface area contributed by atoms with Gasteiger partial charge in [0, 0.05) is 11.8 Å². The number of ketones is 1. The van der Waals surface area contributed by atoms with E-state index in [1.54, 1.807) is 13.1 Å². The Morgan fingerprint density at radius 3 is 2.35 bits per heavy atom. The Labute approximate surface area is 152 Å². The maximum atomic E-state index is 11.7. The van der Waals surface area contributed by atoms with E-state index in [-0.39, 0.29) is 17.7 Å². The molecule has 132 valence electrons. The van der Waals surface area contributed by atoms with Crippen LogP contribution in [0.4, 0.5) is 0 Å². The second-order valence-corrected chi connectivity index (χ2v) is 6.48. The molecule has 26 heavy (non-hydrogen) atoms. The number of aromatic amines is 1. The van der Waals surface area contributed by atoms with Gasteiger partial charge in [-0.3, -0.25) is 9.79 Å². The van der Waals surface area contributed by atoms with Crippen LogP contribution in [0, 0.1) is 5.92 Å². The largest absolute Gasteiger partial charge is 0.298 e. The number of nitrogens with one attached hydrogen (secondary N) is 1. The topological polar surface area (TPSA) is 83.9 Å². The molecule has 0 saturated heterocycles. The average molecular weight is 347 g/mol.